The number of rotatable bonds is 5. The molecule has 1 aliphatic heterocycles. The Hall–Kier alpha value is -3.81. The van der Waals surface area contributed by atoms with E-state index >= 15 is 0 Å². The highest BCUT2D eigenvalue weighted by Crippen LogP contribution is 2.21. The summed E-state index contributed by atoms with van der Waals surface area (Å²) < 4.78 is 1.55. The molecule has 3 aromatic rings. The summed E-state index contributed by atoms with van der Waals surface area (Å²) in [6, 6.07) is 9.59. The van der Waals surface area contributed by atoms with Crippen LogP contribution in [0.3, 0.4) is 0 Å². The molecule has 0 aliphatic carbocycles. The second-order valence-corrected chi connectivity index (χ2v) is 7.50. The van der Waals surface area contributed by atoms with E-state index in [1.807, 2.05) is 30.3 Å². The number of hydrogen-bond acceptors (Lipinski definition) is 5. The van der Waals surface area contributed by atoms with Crippen LogP contribution in [0.25, 0.3) is 0 Å². The third kappa shape index (κ3) is 4.53. The van der Waals surface area contributed by atoms with Crippen LogP contribution in [-0.2, 0) is 30.8 Å². The van der Waals surface area contributed by atoms with Gasteiger partial charge < -0.3 is 14.8 Å². The van der Waals surface area contributed by atoms with Gasteiger partial charge in [-0.1, -0.05) is 30.3 Å². The molecule has 4 rings (SSSR count). The van der Waals surface area contributed by atoms with Crippen molar-refractivity contribution < 1.29 is 9.59 Å². The minimum Gasteiger partial charge on any atom is -0.346 e. The summed E-state index contributed by atoms with van der Waals surface area (Å²) in [6.07, 6.45) is 6.92. The number of hydrogen-bond donors (Lipinski definition) is 1. The summed E-state index contributed by atoms with van der Waals surface area (Å²) in [5.74, 6) is -0.467. The number of aromatic nitrogens is 3. The number of amides is 2. The molecule has 0 fully saturated rings. The zero-order chi connectivity index (χ0) is 21.8. The maximum atomic E-state index is 13.3. The number of benzene rings is 1. The van der Waals surface area contributed by atoms with E-state index in [2.05, 4.69) is 15.3 Å². The summed E-state index contributed by atoms with van der Waals surface area (Å²) in [4.78, 5) is 48.1. The van der Waals surface area contributed by atoms with Crippen LogP contribution in [0.2, 0.25) is 0 Å². The number of nitrogens with one attached hydrogen (secondary N) is 1. The monoisotopic (exact) mass is 417 g/mol. The van der Waals surface area contributed by atoms with E-state index in [9.17, 15) is 14.4 Å². The van der Waals surface area contributed by atoms with Gasteiger partial charge in [-0.3, -0.25) is 24.4 Å². The van der Waals surface area contributed by atoms with Gasteiger partial charge in [-0.05, 0) is 23.1 Å². The summed E-state index contributed by atoms with van der Waals surface area (Å²) in [5.41, 5.74) is 2.89. The Balaban J connectivity index is 1.70. The second kappa shape index (κ2) is 8.91. The highest BCUT2D eigenvalue weighted by atomic mass is 16.2. The zero-order valence-corrected chi connectivity index (χ0v) is 17.2. The van der Waals surface area contributed by atoms with Gasteiger partial charge in [-0.2, -0.15) is 0 Å². The van der Waals surface area contributed by atoms with Gasteiger partial charge in [-0.15, -0.1) is 0 Å². The SMILES string of the molecule is CC(=O)N1CCc2c(cn(Cc3ccccc3)c(=O)c2C(=O)NCc2cnccn2)C1. The molecule has 0 bridgehead atoms. The molecule has 1 aromatic carbocycles. The quantitative estimate of drug-likeness (QED) is 0.679. The molecule has 2 aromatic heterocycles. The van der Waals surface area contributed by atoms with E-state index in [0.717, 1.165) is 11.1 Å². The van der Waals surface area contributed by atoms with Gasteiger partial charge in [0.05, 0.1) is 25.0 Å². The second-order valence-electron chi connectivity index (χ2n) is 7.50. The summed E-state index contributed by atoms with van der Waals surface area (Å²) >= 11 is 0. The number of nitrogens with zero attached hydrogens (tertiary/aromatic N) is 4. The predicted octanol–water partition coefficient (Wildman–Crippen LogP) is 1.52. The Kier molecular flexibility index (Phi) is 5.88. The van der Waals surface area contributed by atoms with Gasteiger partial charge in [0.25, 0.3) is 11.5 Å². The zero-order valence-electron chi connectivity index (χ0n) is 17.2. The van der Waals surface area contributed by atoms with E-state index in [1.54, 1.807) is 34.3 Å². The molecule has 0 atom stereocenters. The van der Waals surface area contributed by atoms with Crippen LogP contribution < -0.4 is 10.9 Å². The molecule has 2 amide bonds. The average Bonchev–Trinajstić information content (AvgIpc) is 2.79. The molecule has 1 aliphatic rings. The van der Waals surface area contributed by atoms with Crippen molar-refractivity contribution in [1.29, 1.82) is 0 Å². The third-order valence-corrected chi connectivity index (χ3v) is 5.38. The Morgan fingerprint density at radius 1 is 1.16 bits per heavy atom. The van der Waals surface area contributed by atoms with Crippen LogP contribution in [0.1, 0.15) is 39.7 Å². The Bertz CT molecular complexity index is 1160. The lowest BCUT2D eigenvalue weighted by Gasteiger charge is -2.29. The first kappa shape index (κ1) is 20.5. The molecule has 0 saturated carbocycles. The fourth-order valence-corrected chi connectivity index (χ4v) is 3.79. The van der Waals surface area contributed by atoms with Crippen molar-refractivity contribution in [2.24, 2.45) is 0 Å². The molecule has 0 radical (unpaired) electrons. The smallest absolute Gasteiger partial charge is 0.264 e. The van der Waals surface area contributed by atoms with Gasteiger partial charge >= 0.3 is 0 Å². The van der Waals surface area contributed by atoms with Crippen molar-refractivity contribution in [2.45, 2.75) is 33.0 Å². The fourth-order valence-electron chi connectivity index (χ4n) is 3.79. The van der Waals surface area contributed by atoms with Crippen LogP contribution >= 0.6 is 0 Å². The minimum atomic E-state index is -0.439. The van der Waals surface area contributed by atoms with E-state index in [-0.39, 0.29) is 23.6 Å². The first-order valence-corrected chi connectivity index (χ1v) is 10.1. The first-order chi connectivity index (χ1) is 15.0. The predicted molar refractivity (Wildman–Crippen MR) is 114 cm³/mol. The number of fused-ring (bicyclic) bond motifs is 1. The molecular weight excluding hydrogens is 394 g/mol. The van der Waals surface area contributed by atoms with Crippen LogP contribution in [-0.4, -0.2) is 37.8 Å². The van der Waals surface area contributed by atoms with Crippen molar-refractivity contribution in [2.75, 3.05) is 6.54 Å². The molecule has 3 heterocycles. The molecule has 8 heteroatoms. The van der Waals surface area contributed by atoms with E-state index in [1.165, 1.54) is 6.92 Å². The topological polar surface area (TPSA) is 97.2 Å². The number of carbonyl (C=O) groups is 2. The van der Waals surface area contributed by atoms with E-state index in [0.29, 0.717) is 37.3 Å². The Morgan fingerprint density at radius 3 is 2.68 bits per heavy atom. The van der Waals surface area contributed by atoms with E-state index in [4.69, 9.17) is 0 Å². The standard InChI is InChI=1S/C23H23N5O3/c1-16(29)27-10-7-20-18(14-27)15-28(13-17-5-3-2-4-6-17)23(31)21(20)22(30)26-12-19-11-24-8-9-25-19/h2-6,8-9,11,15H,7,10,12-14H2,1H3,(H,26,30). The molecule has 0 spiro atoms. The Morgan fingerprint density at radius 2 is 1.97 bits per heavy atom. The molecule has 1 N–H and O–H groups in total. The van der Waals surface area contributed by atoms with Gasteiger partial charge in [0.15, 0.2) is 0 Å². The maximum absolute atomic E-state index is 13.3. The van der Waals surface area contributed by atoms with Crippen LogP contribution in [0, 0.1) is 0 Å². The lowest BCUT2D eigenvalue weighted by Crippen LogP contribution is -2.40. The van der Waals surface area contributed by atoms with Crippen molar-refractivity contribution >= 4 is 11.8 Å². The first-order valence-electron chi connectivity index (χ1n) is 10.1. The van der Waals surface area contributed by atoms with Gasteiger partial charge in [-0.25, -0.2) is 0 Å². The third-order valence-electron chi connectivity index (χ3n) is 5.38. The van der Waals surface area contributed by atoms with Crippen LogP contribution in [0.15, 0.2) is 59.9 Å². The van der Waals surface area contributed by atoms with Crippen LogP contribution in [0.4, 0.5) is 0 Å². The van der Waals surface area contributed by atoms with Crippen molar-refractivity contribution in [1.82, 2.24) is 24.8 Å². The average molecular weight is 417 g/mol. The number of pyridine rings is 1. The molecule has 158 valence electrons. The Labute approximate surface area is 179 Å². The molecule has 31 heavy (non-hydrogen) atoms. The highest BCUT2D eigenvalue weighted by Gasteiger charge is 2.27. The molecule has 0 saturated heterocycles. The summed E-state index contributed by atoms with van der Waals surface area (Å²) in [5, 5.41) is 2.80. The molecule has 0 unspecified atom stereocenters. The minimum absolute atomic E-state index is 0.0277. The van der Waals surface area contributed by atoms with Crippen molar-refractivity contribution in [3.05, 3.63) is 93.4 Å². The fraction of sp³-hybridized carbons (Fsp3) is 0.261. The maximum Gasteiger partial charge on any atom is 0.264 e. The lowest BCUT2D eigenvalue weighted by atomic mass is 9.95. The van der Waals surface area contributed by atoms with Crippen molar-refractivity contribution in [3.63, 3.8) is 0 Å². The lowest BCUT2D eigenvalue weighted by molar-refractivity contribution is -0.129. The molecular formula is C23H23N5O3. The molecule has 8 nitrogen and oxygen atoms in total. The van der Waals surface area contributed by atoms with E-state index < -0.39 is 5.91 Å². The van der Waals surface area contributed by atoms with Gasteiger partial charge in [0.1, 0.15) is 5.56 Å². The summed E-state index contributed by atoms with van der Waals surface area (Å²) in [7, 11) is 0. The highest BCUT2D eigenvalue weighted by molar-refractivity contribution is 5.95. The van der Waals surface area contributed by atoms with Gasteiger partial charge in [0.2, 0.25) is 5.91 Å². The summed E-state index contributed by atoms with van der Waals surface area (Å²) in [6.45, 7) is 2.91. The normalized spacial score (nSPS) is 12.9. The van der Waals surface area contributed by atoms with Gasteiger partial charge in [0, 0.05) is 38.6 Å². The number of carbonyl (C=O) groups excluding carboxylic acids is 2. The largest absolute Gasteiger partial charge is 0.346 e. The van der Waals surface area contributed by atoms with Crippen LogP contribution in [0.5, 0.6) is 0 Å². The van der Waals surface area contributed by atoms with Crippen molar-refractivity contribution in [3.8, 4) is 0 Å².